The van der Waals surface area contributed by atoms with E-state index in [0.29, 0.717) is 13.1 Å². The summed E-state index contributed by atoms with van der Waals surface area (Å²) >= 11 is 0. The third kappa shape index (κ3) is 6.93. The second-order valence-electron chi connectivity index (χ2n) is 10.0. The zero-order chi connectivity index (χ0) is 24.1. The van der Waals surface area contributed by atoms with Crippen LogP contribution < -0.4 is 10.6 Å². The Morgan fingerprint density at radius 3 is 2.15 bits per heavy atom. The van der Waals surface area contributed by atoms with Gasteiger partial charge in [-0.15, -0.1) is 0 Å². The van der Waals surface area contributed by atoms with Crippen LogP contribution in [-0.2, 0) is 20.2 Å². The quantitative estimate of drug-likeness (QED) is 0.657. The van der Waals surface area contributed by atoms with Crippen molar-refractivity contribution in [2.45, 2.75) is 75.6 Å². The van der Waals surface area contributed by atoms with Crippen molar-refractivity contribution in [1.29, 1.82) is 0 Å². The molecule has 1 aliphatic heterocycles. The van der Waals surface area contributed by atoms with Crippen molar-refractivity contribution < 1.29 is 18.0 Å². The fourth-order valence-corrected chi connectivity index (χ4v) is 5.80. The summed E-state index contributed by atoms with van der Waals surface area (Å²) in [5, 5.41) is 5.74. The van der Waals surface area contributed by atoms with Crippen molar-refractivity contribution in [2.75, 3.05) is 32.7 Å². The molecule has 1 aromatic rings. The van der Waals surface area contributed by atoms with E-state index in [1.54, 1.807) is 17.0 Å². The molecule has 2 fully saturated rings. The van der Waals surface area contributed by atoms with E-state index in [1.165, 1.54) is 10.7 Å². The van der Waals surface area contributed by atoms with Crippen LogP contribution in [0, 0.1) is 0 Å². The van der Waals surface area contributed by atoms with E-state index in [9.17, 15) is 18.0 Å². The number of piperazine rings is 1. The Morgan fingerprint density at radius 2 is 1.58 bits per heavy atom. The number of nitrogens with zero attached hydrogens (tertiary/aromatic N) is 2. The molecule has 1 saturated carbocycles. The number of sulfonamides is 1. The molecular formula is C24H38N4O4S. The topological polar surface area (TPSA) is 98.8 Å². The molecule has 1 heterocycles. The van der Waals surface area contributed by atoms with Crippen LogP contribution in [0.15, 0.2) is 29.2 Å². The second-order valence-corrected chi connectivity index (χ2v) is 12.0. The number of rotatable bonds is 6. The smallest absolute Gasteiger partial charge is 0.315 e. The predicted molar refractivity (Wildman–Crippen MR) is 129 cm³/mol. The summed E-state index contributed by atoms with van der Waals surface area (Å²) in [7, 11) is -3.59. The molecule has 0 bridgehead atoms. The molecular weight excluding hydrogens is 440 g/mol. The summed E-state index contributed by atoms with van der Waals surface area (Å²) in [6.07, 6.45) is 5.76. The van der Waals surface area contributed by atoms with Gasteiger partial charge in [0.2, 0.25) is 15.9 Å². The molecule has 0 atom stereocenters. The van der Waals surface area contributed by atoms with Crippen LogP contribution in [0.1, 0.15) is 64.9 Å². The maximum absolute atomic E-state index is 13.0. The highest BCUT2D eigenvalue weighted by atomic mass is 32.2. The van der Waals surface area contributed by atoms with Gasteiger partial charge in [0.05, 0.1) is 4.90 Å². The van der Waals surface area contributed by atoms with Gasteiger partial charge in [0.15, 0.2) is 0 Å². The summed E-state index contributed by atoms with van der Waals surface area (Å²) < 4.78 is 27.4. The highest BCUT2D eigenvalue weighted by molar-refractivity contribution is 7.89. The molecule has 184 valence electrons. The lowest BCUT2D eigenvalue weighted by molar-refractivity contribution is -0.132. The highest BCUT2D eigenvalue weighted by Crippen LogP contribution is 2.25. The number of benzene rings is 1. The lowest BCUT2D eigenvalue weighted by Crippen LogP contribution is -2.51. The van der Waals surface area contributed by atoms with E-state index in [2.05, 4.69) is 31.4 Å². The summed E-state index contributed by atoms with van der Waals surface area (Å²) in [6.45, 7) is 7.78. The van der Waals surface area contributed by atoms with E-state index < -0.39 is 10.0 Å². The standard InChI is InChI=1S/C24H38N4O4S/c1-24(2,3)19-9-11-21(12-10-19)33(31,32)28-17-15-27(16-18-28)22(29)13-14-25-23(30)26-20-7-5-4-6-8-20/h9-12,20H,4-8,13-18H2,1-3H3,(H2,25,26,30). The van der Waals surface area contributed by atoms with Gasteiger partial charge in [-0.3, -0.25) is 4.79 Å². The van der Waals surface area contributed by atoms with Gasteiger partial charge >= 0.3 is 6.03 Å². The molecule has 0 radical (unpaired) electrons. The molecule has 2 aliphatic rings. The summed E-state index contributed by atoms with van der Waals surface area (Å²) in [5.74, 6) is -0.0699. The molecule has 0 spiro atoms. The molecule has 0 aromatic heterocycles. The summed E-state index contributed by atoms with van der Waals surface area (Å²) in [4.78, 5) is 26.5. The average Bonchev–Trinajstić information content (AvgIpc) is 2.79. The van der Waals surface area contributed by atoms with Gasteiger partial charge in [0, 0.05) is 45.2 Å². The number of hydrogen-bond donors (Lipinski definition) is 2. The number of carbonyl (C=O) groups is 2. The zero-order valence-corrected chi connectivity index (χ0v) is 20.9. The van der Waals surface area contributed by atoms with Crippen molar-refractivity contribution in [3.8, 4) is 0 Å². The van der Waals surface area contributed by atoms with Gasteiger partial charge in [0.1, 0.15) is 0 Å². The molecule has 3 rings (SSSR count). The van der Waals surface area contributed by atoms with Gasteiger partial charge < -0.3 is 15.5 Å². The van der Waals surface area contributed by atoms with Crippen molar-refractivity contribution in [2.24, 2.45) is 0 Å². The number of amides is 3. The SMILES string of the molecule is CC(C)(C)c1ccc(S(=O)(=O)N2CCN(C(=O)CCNC(=O)NC3CCCCC3)CC2)cc1. The number of urea groups is 1. The molecule has 8 nitrogen and oxygen atoms in total. The lowest BCUT2D eigenvalue weighted by atomic mass is 9.87. The minimum Gasteiger partial charge on any atom is -0.340 e. The maximum Gasteiger partial charge on any atom is 0.315 e. The maximum atomic E-state index is 13.0. The van der Waals surface area contributed by atoms with Crippen molar-refractivity contribution in [1.82, 2.24) is 19.8 Å². The number of carbonyl (C=O) groups excluding carboxylic acids is 2. The monoisotopic (exact) mass is 478 g/mol. The summed E-state index contributed by atoms with van der Waals surface area (Å²) in [5.41, 5.74) is 1.04. The van der Waals surface area contributed by atoms with Gasteiger partial charge in [-0.05, 0) is 36.0 Å². The molecule has 9 heteroatoms. The Bertz CT molecular complexity index is 911. The summed E-state index contributed by atoms with van der Waals surface area (Å²) in [6, 6.07) is 7.07. The van der Waals surface area contributed by atoms with Gasteiger partial charge in [-0.1, -0.05) is 52.2 Å². The van der Waals surface area contributed by atoms with Crippen molar-refractivity contribution in [3.05, 3.63) is 29.8 Å². The Kier molecular flexibility index (Phi) is 8.39. The van der Waals surface area contributed by atoms with Crippen LogP contribution in [0.4, 0.5) is 4.79 Å². The third-order valence-corrected chi connectivity index (χ3v) is 8.43. The van der Waals surface area contributed by atoms with Gasteiger partial charge in [-0.2, -0.15) is 4.31 Å². The number of nitrogens with one attached hydrogen (secondary N) is 2. The van der Waals surface area contributed by atoms with Crippen LogP contribution in [0.3, 0.4) is 0 Å². The Balaban J connectivity index is 1.43. The Morgan fingerprint density at radius 1 is 0.970 bits per heavy atom. The first-order valence-corrected chi connectivity index (χ1v) is 13.4. The fraction of sp³-hybridized carbons (Fsp3) is 0.667. The van der Waals surface area contributed by atoms with Gasteiger partial charge in [0.25, 0.3) is 0 Å². The number of hydrogen-bond acceptors (Lipinski definition) is 4. The molecule has 1 aromatic carbocycles. The Labute approximate surface area is 198 Å². The molecule has 0 unspecified atom stereocenters. The van der Waals surface area contributed by atoms with Gasteiger partial charge in [-0.25, -0.2) is 13.2 Å². The van der Waals surface area contributed by atoms with E-state index in [-0.39, 0.29) is 54.3 Å². The second kappa shape index (κ2) is 10.9. The fourth-order valence-electron chi connectivity index (χ4n) is 4.38. The molecule has 3 amide bonds. The highest BCUT2D eigenvalue weighted by Gasteiger charge is 2.30. The molecule has 2 N–H and O–H groups in total. The largest absolute Gasteiger partial charge is 0.340 e. The molecule has 1 saturated heterocycles. The van der Waals surface area contributed by atoms with E-state index in [0.717, 1.165) is 31.2 Å². The van der Waals surface area contributed by atoms with E-state index >= 15 is 0 Å². The minimum atomic E-state index is -3.59. The van der Waals surface area contributed by atoms with Crippen LogP contribution >= 0.6 is 0 Å². The van der Waals surface area contributed by atoms with Crippen molar-refractivity contribution in [3.63, 3.8) is 0 Å². The third-order valence-electron chi connectivity index (χ3n) is 6.51. The van der Waals surface area contributed by atoms with E-state index in [4.69, 9.17) is 0 Å². The van der Waals surface area contributed by atoms with Crippen LogP contribution in [0.25, 0.3) is 0 Å². The molecule has 33 heavy (non-hydrogen) atoms. The average molecular weight is 479 g/mol. The predicted octanol–water partition coefficient (Wildman–Crippen LogP) is 2.84. The van der Waals surface area contributed by atoms with Crippen LogP contribution in [0.2, 0.25) is 0 Å². The minimum absolute atomic E-state index is 0.0420. The van der Waals surface area contributed by atoms with E-state index in [1.807, 2.05) is 12.1 Å². The molecule has 1 aliphatic carbocycles. The zero-order valence-electron chi connectivity index (χ0n) is 20.1. The van der Waals surface area contributed by atoms with Crippen molar-refractivity contribution >= 4 is 22.0 Å². The first kappa shape index (κ1) is 25.5. The van der Waals surface area contributed by atoms with Crippen LogP contribution in [-0.4, -0.2) is 68.3 Å². The van der Waals surface area contributed by atoms with Crippen LogP contribution in [0.5, 0.6) is 0 Å². The lowest BCUT2D eigenvalue weighted by Gasteiger charge is -2.34. The normalized spacial score (nSPS) is 18.7. The first-order valence-electron chi connectivity index (χ1n) is 12.0. The Hall–Kier alpha value is -2.13. The first-order chi connectivity index (χ1) is 15.6.